The van der Waals surface area contributed by atoms with E-state index in [1.54, 1.807) is 0 Å². The van der Waals surface area contributed by atoms with Crippen molar-refractivity contribution in [1.82, 2.24) is 4.98 Å². The van der Waals surface area contributed by atoms with Crippen LogP contribution in [0.15, 0.2) is 30.3 Å². The molecule has 0 saturated carbocycles. The maximum atomic E-state index is 5.91. The molecule has 1 aliphatic rings. The Morgan fingerprint density at radius 1 is 1.19 bits per heavy atom. The summed E-state index contributed by atoms with van der Waals surface area (Å²) in [5.41, 5.74) is 8.19. The number of hydrogen-bond acceptors (Lipinski definition) is 5. The number of aromatic nitrogens is 1. The van der Waals surface area contributed by atoms with Gasteiger partial charge in [-0.05, 0) is 5.56 Å². The van der Waals surface area contributed by atoms with Gasteiger partial charge >= 0.3 is 0 Å². The highest BCUT2D eigenvalue weighted by Crippen LogP contribution is 2.46. The molecule has 0 radical (unpaired) electrons. The van der Waals surface area contributed by atoms with Crippen LogP contribution in [0.1, 0.15) is 29.8 Å². The molecule has 0 bridgehead atoms. The molecule has 0 spiro atoms. The standard InChI is InChI=1S/C16H20N2S3/c1-10-11(2)20-14(9-19-10)16-18-13(8-17)15(21-16)12-6-4-3-5-7-12/h3-7,10-11,14H,8-9,17H2,1-2H3. The van der Waals surface area contributed by atoms with Gasteiger partial charge in [-0.1, -0.05) is 44.2 Å². The quantitative estimate of drug-likeness (QED) is 0.891. The minimum absolute atomic E-state index is 0.508. The van der Waals surface area contributed by atoms with Crippen LogP contribution in [0.4, 0.5) is 0 Å². The highest BCUT2D eigenvalue weighted by atomic mass is 32.2. The lowest BCUT2D eigenvalue weighted by molar-refractivity contribution is 0.885. The van der Waals surface area contributed by atoms with E-state index in [1.165, 1.54) is 15.4 Å². The van der Waals surface area contributed by atoms with E-state index >= 15 is 0 Å². The molecule has 1 fully saturated rings. The maximum absolute atomic E-state index is 5.91. The van der Waals surface area contributed by atoms with Crippen molar-refractivity contribution in [2.45, 2.75) is 36.1 Å². The first kappa shape index (κ1) is 15.4. The highest BCUT2D eigenvalue weighted by molar-refractivity contribution is 8.07. The fraction of sp³-hybridized carbons (Fsp3) is 0.438. The van der Waals surface area contributed by atoms with Gasteiger partial charge in [0, 0.05) is 22.8 Å². The Balaban J connectivity index is 1.90. The number of nitrogens with two attached hydrogens (primary N) is 1. The summed E-state index contributed by atoms with van der Waals surface area (Å²) in [4.78, 5) is 6.09. The van der Waals surface area contributed by atoms with Crippen molar-refractivity contribution in [3.05, 3.63) is 41.0 Å². The molecule has 0 aliphatic carbocycles. The second kappa shape index (κ2) is 6.73. The SMILES string of the molecule is CC1SCC(c2nc(CN)c(-c3ccccc3)s2)SC1C. The van der Waals surface area contributed by atoms with Crippen molar-refractivity contribution in [2.24, 2.45) is 5.73 Å². The number of hydrogen-bond donors (Lipinski definition) is 1. The molecule has 3 unspecified atom stereocenters. The van der Waals surface area contributed by atoms with Crippen molar-refractivity contribution in [3.8, 4) is 10.4 Å². The van der Waals surface area contributed by atoms with Crippen molar-refractivity contribution in [3.63, 3.8) is 0 Å². The average Bonchev–Trinajstić information content (AvgIpc) is 2.95. The van der Waals surface area contributed by atoms with Crippen LogP contribution in [0.25, 0.3) is 10.4 Å². The maximum Gasteiger partial charge on any atom is 0.107 e. The monoisotopic (exact) mass is 336 g/mol. The summed E-state index contributed by atoms with van der Waals surface area (Å²) in [5, 5.41) is 3.16. The molecule has 0 amide bonds. The zero-order chi connectivity index (χ0) is 14.8. The normalized spacial score (nSPS) is 26.0. The van der Waals surface area contributed by atoms with Gasteiger partial charge in [0.05, 0.1) is 15.8 Å². The topological polar surface area (TPSA) is 38.9 Å². The minimum atomic E-state index is 0.508. The van der Waals surface area contributed by atoms with Gasteiger partial charge < -0.3 is 5.73 Å². The Morgan fingerprint density at radius 2 is 1.95 bits per heavy atom. The van der Waals surface area contributed by atoms with E-state index in [0.29, 0.717) is 17.0 Å². The van der Waals surface area contributed by atoms with Crippen LogP contribution in [-0.2, 0) is 6.54 Å². The zero-order valence-corrected chi connectivity index (χ0v) is 14.7. The molecule has 1 aromatic heterocycles. The van der Waals surface area contributed by atoms with Crippen LogP contribution in [0.3, 0.4) is 0 Å². The predicted octanol–water partition coefficient (Wildman–Crippen LogP) is 4.57. The van der Waals surface area contributed by atoms with Crippen LogP contribution in [0, 0.1) is 0 Å². The Bertz CT molecular complexity index is 597. The lowest BCUT2D eigenvalue weighted by Gasteiger charge is -2.30. The average molecular weight is 337 g/mol. The Labute approximate surface area is 138 Å². The molecule has 3 rings (SSSR count). The number of thioether (sulfide) groups is 2. The first-order valence-corrected chi connectivity index (χ1v) is 10.0. The summed E-state index contributed by atoms with van der Waals surface area (Å²) < 4.78 is 0. The molecule has 2 aromatic rings. The summed E-state index contributed by atoms with van der Waals surface area (Å²) in [7, 11) is 0. The zero-order valence-electron chi connectivity index (χ0n) is 12.3. The van der Waals surface area contributed by atoms with Crippen LogP contribution < -0.4 is 5.73 Å². The van der Waals surface area contributed by atoms with E-state index in [-0.39, 0.29) is 0 Å². The summed E-state index contributed by atoms with van der Waals surface area (Å²) in [6.45, 7) is 5.16. The molecule has 1 aromatic carbocycles. The molecule has 1 aliphatic heterocycles. The van der Waals surface area contributed by atoms with Gasteiger partial charge in [0.25, 0.3) is 0 Å². The summed E-state index contributed by atoms with van der Waals surface area (Å²) in [5.74, 6) is 1.15. The van der Waals surface area contributed by atoms with E-state index in [9.17, 15) is 0 Å². The van der Waals surface area contributed by atoms with Crippen molar-refractivity contribution in [1.29, 1.82) is 0 Å². The third-order valence-corrected chi connectivity index (χ3v) is 8.58. The summed E-state index contributed by atoms with van der Waals surface area (Å²) in [6, 6.07) is 10.5. The second-order valence-electron chi connectivity index (χ2n) is 5.27. The van der Waals surface area contributed by atoms with Gasteiger partial charge in [0.1, 0.15) is 5.01 Å². The largest absolute Gasteiger partial charge is 0.325 e. The van der Waals surface area contributed by atoms with E-state index in [0.717, 1.165) is 16.7 Å². The van der Waals surface area contributed by atoms with E-state index in [1.807, 2.05) is 17.4 Å². The van der Waals surface area contributed by atoms with Gasteiger partial charge in [-0.15, -0.1) is 23.1 Å². The van der Waals surface area contributed by atoms with Gasteiger partial charge in [0.15, 0.2) is 0 Å². The van der Waals surface area contributed by atoms with Gasteiger partial charge in [-0.25, -0.2) is 4.98 Å². The van der Waals surface area contributed by atoms with E-state index in [4.69, 9.17) is 10.7 Å². The molecule has 112 valence electrons. The fourth-order valence-corrected chi connectivity index (χ4v) is 6.67. The van der Waals surface area contributed by atoms with Gasteiger partial charge in [-0.2, -0.15) is 11.8 Å². The smallest absolute Gasteiger partial charge is 0.107 e. The Hall–Kier alpha value is -0.490. The Kier molecular flexibility index (Phi) is 4.94. The number of thiazole rings is 1. The van der Waals surface area contributed by atoms with Crippen molar-refractivity contribution in [2.75, 3.05) is 5.75 Å². The molecular weight excluding hydrogens is 316 g/mol. The van der Waals surface area contributed by atoms with Crippen LogP contribution in [0.2, 0.25) is 0 Å². The molecular formula is C16H20N2S3. The fourth-order valence-electron chi connectivity index (χ4n) is 2.37. The van der Waals surface area contributed by atoms with E-state index in [2.05, 4.69) is 61.6 Å². The molecule has 5 heteroatoms. The third-order valence-electron chi connectivity index (χ3n) is 3.77. The number of nitrogens with zero attached hydrogens (tertiary/aromatic N) is 1. The lowest BCUT2D eigenvalue weighted by Crippen LogP contribution is -2.21. The molecule has 21 heavy (non-hydrogen) atoms. The molecule has 2 N–H and O–H groups in total. The highest BCUT2D eigenvalue weighted by Gasteiger charge is 2.29. The number of rotatable bonds is 3. The molecule has 3 atom stereocenters. The third kappa shape index (κ3) is 3.31. The lowest BCUT2D eigenvalue weighted by atomic mass is 10.1. The van der Waals surface area contributed by atoms with Crippen molar-refractivity contribution < 1.29 is 0 Å². The van der Waals surface area contributed by atoms with E-state index < -0.39 is 0 Å². The number of benzene rings is 1. The van der Waals surface area contributed by atoms with Crippen LogP contribution in [0.5, 0.6) is 0 Å². The molecule has 2 nitrogen and oxygen atoms in total. The molecule has 1 saturated heterocycles. The first-order valence-electron chi connectivity index (χ1n) is 7.21. The van der Waals surface area contributed by atoms with Crippen LogP contribution >= 0.6 is 34.9 Å². The van der Waals surface area contributed by atoms with Crippen LogP contribution in [-0.4, -0.2) is 21.2 Å². The summed E-state index contributed by atoms with van der Waals surface area (Å²) >= 11 is 5.95. The van der Waals surface area contributed by atoms with Gasteiger partial charge in [-0.3, -0.25) is 0 Å². The van der Waals surface area contributed by atoms with Crippen molar-refractivity contribution >= 4 is 34.9 Å². The van der Waals surface area contributed by atoms with Gasteiger partial charge in [0.2, 0.25) is 0 Å². The minimum Gasteiger partial charge on any atom is -0.325 e. The first-order chi connectivity index (χ1) is 10.2. The Morgan fingerprint density at radius 3 is 2.62 bits per heavy atom. The predicted molar refractivity (Wildman–Crippen MR) is 97.2 cm³/mol. The summed E-state index contributed by atoms with van der Waals surface area (Å²) in [6.07, 6.45) is 0. The molecule has 2 heterocycles. The second-order valence-corrected chi connectivity index (χ2v) is 9.29.